The first-order valence-electron chi connectivity index (χ1n) is 8.85. The van der Waals surface area contributed by atoms with Crippen molar-refractivity contribution in [3.63, 3.8) is 0 Å². The molecule has 0 atom stereocenters. The number of anilines is 1. The summed E-state index contributed by atoms with van der Waals surface area (Å²) in [5.74, 6) is 0.263. The average Bonchev–Trinajstić information content (AvgIpc) is 2.72. The van der Waals surface area contributed by atoms with E-state index >= 15 is 0 Å². The molecular weight excluding hydrogens is 427 g/mol. The number of rotatable bonds is 6. The monoisotopic (exact) mass is 444 g/mol. The number of carbonyl (C=O) groups excluding carboxylic acids is 1. The fourth-order valence-corrected chi connectivity index (χ4v) is 3.12. The van der Waals surface area contributed by atoms with Crippen molar-refractivity contribution < 1.29 is 9.53 Å². The second-order valence-electron chi connectivity index (χ2n) is 6.14. The summed E-state index contributed by atoms with van der Waals surface area (Å²) in [5, 5.41) is 6.57. The van der Waals surface area contributed by atoms with Crippen LogP contribution in [0.4, 0.5) is 5.69 Å². The highest BCUT2D eigenvalue weighted by atomic mass is 35.5. The van der Waals surface area contributed by atoms with Crippen LogP contribution in [0.3, 0.4) is 0 Å². The maximum absolute atomic E-state index is 12.5. The molecule has 4 nitrogen and oxygen atoms in total. The summed E-state index contributed by atoms with van der Waals surface area (Å²) < 4.78 is 5.77. The average molecular weight is 445 g/mol. The zero-order chi connectivity index (χ0) is 20.6. The quantitative estimate of drug-likeness (QED) is 0.475. The van der Waals surface area contributed by atoms with Gasteiger partial charge in [0.05, 0.1) is 17.3 Å². The van der Waals surface area contributed by atoms with E-state index in [4.69, 9.17) is 40.2 Å². The highest BCUT2D eigenvalue weighted by Gasteiger charge is 2.10. The van der Waals surface area contributed by atoms with E-state index in [2.05, 4.69) is 10.6 Å². The van der Waals surface area contributed by atoms with E-state index in [9.17, 15) is 4.79 Å². The number of thiocarbonyl (C=S) groups is 1. The first-order chi connectivity index (χ1) is 14.0. The van der Waals surface area contributed by atoms with E-state index in [0.717, 1.165) is 6.42 Å². The number of halogens is 2. The van der Waals surface area contributed by atoms with Gasteiger partial charge in [-0.15, -0.1) is 0 Å². The highest BCUT2D eigenvalue weighted by Crippen LogP contribution is 2.25. The van der Waals surface area contributed by atoms with Gasteiger partial charge in [0.15, 0.2) is 5.11 Å². The summed E-state index contributed by atoms with van der Waals surface area (Å²) in [6, 6.07) is 21.9. The second kappa shape index (κ2) is 10.3. The predicted molar refractivity (Wildman–Crippen MR) is 122 cm³/mol. The van der Waals surface area contributed by atoms with E-state index in [1.807, 2.05) is 36.4 Å². The van der Waals surface area contributed by atoms with Crippen molar-refractivity contribution in [2.75, 3.05) is 11.9 Å². The number of carbonyl (C=O) groups is 1. The zero-order valence-corrected chi connectivity index (χ0v) is 17.7. The van der Waals surface area contributed by atoms with Crippen LogP contribution >= 0.6 is 35.4 Å². The zero-order valence-electron chi connectivity index (χ0n) is 15.3. The van der Waals surface area contributed by atoms with E-state index < -0.39 is 0 Å². The molecule has 0 saturated carbocycles. The first kappa shape index (κ1) is 21.1. The molecule has 7 heteroatoms. The Morgan fingerprint density at radius 2 is 1.76 bits per heavy atom. The third kappa shape index (κ3) is 6.46. The lowest BCUT2D eigenvalue weighted by molar-refractivity contribution is 0.0977. The first-order valence-corrected chi connectivity index (χ1v) is 10.0. The van der Waals surface area contributed by atoms with Crippen LogP contribution in [0.2, 0.25) is 10.0 Å². The Morgan fingerprint density at radius 1 is 0.966 bits per heavy atom. The molecule has 0 aromatic heterocycles. The van der Waals surface area contributed by atoms with Gasteiger partial charge in [0.25, 0.3) is 5.91 Å². The van der Waals surface area contributed by atoms with E-state index in [1.165, 1.54) is 5.56 Å². The summed E-state index contributed by atoms with van der Waals surface area (Å²) >= 11 is 17.3. The van der Waals surface area contributed by atoms with Crippen LogP contribution in [0.15, 0.2) is 72.8 Å². The Kier molecular flexibility index (Phi) is 7.47. The Hall–Kier alpha value is -2.60. The van der Waals surface area contributed by atoms with Crippen molar-refractivity contribution in [1.82, 2.24) is 5.32 Å². The van der Waals surface area contributed by atoms with Gasteiger partial charge < -0.3 is 10.1 Å². The maximum Gasteiger partial charge on any atom is 0.257 e. The van der Waals surface area contributed by atoms with Gasteiger partial charge in [-0.2, -0.15) is 0 Å². The third-order valence-corrected chi connectivity index (χ3v) is 4.77. The van der Waals surface area contributed by atoms with Crippen molar-refractivity contribution in [3.05, 3.63) is 94.0 Å². The smallest absolute Gasteiger partial charge is 0.257 e. The van der Waals surface area contributed by atoms with E-state index in [0.29, 0.717) is 33.7 Å². The van der Waals surface area contributed by atoms with Crippen molar-refractivity contribution in [1.29, 1.82) is 0 Å². The molecular formula is C22H18Cl2N2O2S. The Labute approximate surface area is 184 Å². The molecule has 0 fully saturated rings. The largest absolute Gasteiger partial charge is 0.493 e. The summed E-state index contributed by atoms with van der Waals surface area (Å²) in [6.07, 6.45) is 0.783. The number of hydrogen-bond acceptors (Lipinski definition) is 3. The second-order valence-corrected chi connectivity index (χ2v) is 7.40. The molecule has 0 radical (unpaired) electrons. The van der Waals surface area contributed by atoms with Crippen molar-refractivity contribution in [3.8, 4) is 5.75 Å². The number of nitrogens with one attached hydrogen (secondary N) is 2. The van der Waals surface area contributed by atoms with Crippen LogP contribution < -0.4 is 15.4 Å². The Bertz CT molecular complexity index is 1010. The molecule has 2 N–H and O–H groups in total. The van der Waals surface area contributed by atoms with Gasteiger partial charge in [-0.05, 0) is 54.2 Å². The molecule has 3 aromatic rings. The van der Waals surface area contributed by atoms with Crippen LogP contribution in [-0.2, 0) is 6.42 Å². The standard InChI is InChI=1S/C22H18Cl2N2O2S/c23-17-9-10-19(24)20(14-17)25-22(29)26-21(27)16-7-4-8-18(13-16)28-12-11-15-5-2-1-3-6-15/h1-10,13-14H,11-12H2,(H2,25,26,27,29). The molecule has 148 valence electrons. The SMILES string of the molecule is O=C(NC(=S)Nc1cc(Cl)ccc1Cl)c1cccc(OCCc2ccccc2)c1. The Morgan fingerprint density at radius 3 is 2.55 bits per heavy atom. The van der Waals surface area contributed by atoms with Crippen LogP contribution in [-0.4, -0.2) is 17.6 Å². The van der Waals surface area contributed by atoms with Gasteiger partial charge in [0.1, 0.15) is 5.75 Å². The van der Waals surface area contributed by atoms with Gasteiger partial charge in [0, 0.05) is 17.0 Å². The van der Waals surface area contributed by atoms with Gasteiger partial charge in [0.2, 0.25) is 0 Å². The maximum atomic E-state index is 12.5. The molecule has 3 aromatic carbocycles. The summed E-state index contributed by atoms with van der Waals surface area (Å²) in [4.78, 5) is 12.5. The van der Waals surface area contributed by atoms with Crippen molar-refractivity contribution in [2.24, 2.45) is 0 Å². The molecule has 0 aliphatic rings. The molecule has 0 spiro atoms. The van der Waals surface area contributed by atoms with Crippen molar-refractivity contribution in [2.45, 2.75) is 6.42 Å². The highest BCUT2D eigenvalue weighted by molar-refractivity contribution is 7.80. The molecule has 0 saturated heterocycles. The summed E-state index contributed by atoms with van der Waals surface area (Å²) in [6.45, 7) is 0.516. The van der Waals surface area contributed by atoms with Crippen LogP contribution in [0.1, 0.15) is 15.9 Å². The summed E-state index contributed by atoms with van der Waals surface area (Å²) in [5.41, 5.74) is 2.14. The van der Waals surface area contributed by atoms with Gasteiger partial charge >= 0.3 is 0 Å². The number of hydrogen-bond donors (Lipinski definition) is 2. The minimum atomic E-state index is -0.353. The normalized spacial score (nSPS) is 10.3. The fraction of sp³-hybridized carbons (Fsp3) is 0.0909. The molecule has 0 unspecified atom stereocenters. The van der Waals surface area contributed by atoms with Gasteiger partial charge in [-0.25, -0.2) is 0 Å². The summed E-state index contributed by atoms with van der Waals surface area (Å²) in [7, 11) is 0. The van der Waals surface area contributed by atoms with E-state index in [-0.39, 0.29) is 11.0 Å². The number of ether oxygens (including phenoxy) is 1. The lowest BCUT2D eigenvalue weighted by Crippen LogP contribution is -2.34. The number of benzene rings is 3. The third-order valence-electron chi connectivity index (χ3n) is 4.00. The molecule has 1 amide bonds. The topological polar surface area (TPSA) is 50.4 Å². The predicted octanol–water partition coefficient (Wildman–Crippen LogP) is 5.74. The van der Waals surface area contributed by atoms with E-state index in [1.54, 1.807) is 36.4 Å². The van der Waals surface area contributed by atoms with Crippen LogP contribution in [0.5, 0.6) is 5.75 Å². The van der Waals surface area contributed by atoms with Crippen molar-refractivity contribution >= 4 is 52.1 Å². The minimum absolute atomic E-state index is 0.120. The Balaban J connectivity index is 1.55. The van der Waals surface area contributed by atoms with Crippen LogP contribution in [0.25, 0.3) is 0 Å². The molecule has 0 aliphatic heterocycles. The van der Waals surface area contributed by atoms with Gasteiger partial charge in [-0.1, -0.05) is 59.6 Å². The van der Waals surface area contributed by atoms with Crippen LogP contribution in [0, 0.1) is 0 Å². The molecule has 0 heterocycles. The lowest BCUT2D eigenvalue weighted by Gasteiger charge is -2.12. The minimum Gasteiger partial charge on any atom is -0.493 e. The molecule has 3 rings (SSSR count). The molecule has 29 heavy (non-hydrogen) atoms. The van der Waals surface area contributed by atoms with Gasteiger partial charge in [-0.3, -0.25) is 10.1 Å². The lowest BCUT2D eigenvalue weighted by atomic mass is 10.2. The fourth-order valence-electron chi connectivity index (χ4n) is 2.58. The molecule has 0 aliphatic carbocycles. The number of amides is 1. The molecule has 0 bridgehead atoms.